The highest BCUT2D eigenvalue weighted by molar-refractivity contribution is 9.10. The average molecular weight is 273 g/mol. The van der Waals surface area contributed by atoms with Crippen molar-refractivity contribution in [2.75, 3.05) is 6.79 Å². The van der Waals surface area contributed by atoms with E-state index in [4.69, 9.17) is 9.47 Å². The molecule has 0 aromatic heterocycles. The molecule has 82 valence electrons. The van der Waals surface area contributed by atoms with Crippen molar-refractivity contribution in [3.8, 4) is 11.5 Å². The maximum atomic E-state index is 9.23. The van der Waals surface area contributed by atoms with Gasteiger partial charge in [0.05, 0.1) is 6.10 Å². The van der Waals surface area contributed by atoms with Gasteiger partial charge in [-0.2, -0.15) is 0 Å². The van der Waals surface area contributed by atoms with E-state index in [9.17, 15) is 5.11 Å². The van der Waals surface area contributed by atoms with Crippen LogP contribution in [0.1, 0.15) is 18.9 Å². The minimum absolute atomic E-state index is 0.276. The van der Waals surface area contributed by atoms with Crippen LogP contribution in [0.4, 0.5) is 0 Å². The molecule has 0 bridgehead atoms. The Bertz CT molecular complexity index is 363. The Morgan fingerprint density at radius 2 is 2.07 bits per heavy atom. The number of aryl methyl sites for hydroxylation is 1. The molecule has 1 heterocycles. The Morgan fingerprint density at radius 3 is 2.73 bits per heavy atom. The van der Waals surface area contributed by atoms with Gasteiger partial charge in [0.25, 0.3) is 0 Å². The maximum absolute atomic E-state index is 9.23. The Balaban J connectivity index is 2.17. The second-order valence-corrected chi connectivity index (χ2v) is 4.54. The van der Waals surface area contributed by atoms with Gasteiger partial charge in [0.2, 0.25) is 6.79 Å². The number of rotatable bonds is 3. The highest BCUT2D eigenvalue weighted by Crippen LogP contribution is 2.37. The SMILES string of the molecule is C[C@@H](O)CCc1cc2c(cc1Br)OCO2. The van der Waals surface area contributed by atoms with Gasteiger partial charge in [-0.3, -0.25) is 0 Å². The molecule has 1 aromatic carbocycles. The molecule has 0 radical (unpaired) electrons. The fraction of sp³-hybridized carbons (Fsp3) is 0.455. The Hall–Kier alpha value is -0.740. The average Bonchev–Trinajstić information content (AvgIpc) is 2.60. The van der Waals surface area contributed by atoms with Crippen molar-refractivity contribution >= 4 is 15.9 Å². The van der Waals surface area contributed by atoms with Crippen molar-refractivity contribution in [1.29, 1.82) is 0 Å². The van der Waals surface area contributed by atoms with Crippen molar-refractivity contribution in [3.05, 3.63) is 22.2 Å². The molecule has 0 amide bonds. The van der Waals surface area contributed by atoms with Gasteiger partial charge in [0.1, 0.15) is 0 Å². The molecular weight excluding hydrogens is 260 g/mol. The Morgan fingerprint density at radius 1 is 1.40 bits per heavy atom. The quantitative estimate of drug-likeness (QED) is 0.919. The zero-order valence-corrected chi connectivity index (χ0v) is 10.1. The van der Waals surface area contributed by atoms with Gasteiger partial charge in [-0.05, 0) is 37.5 Å². The lowest BCUT2D eigenvalue weighted by Crippen LogP contribution is -2.01. The molecule has 1 aliphatic heterocycles. The molecule has 0 unspecified atom stereocenters. The van der Waals surface area contributed by atoms with Crippen LogP contribution >= 0.6 is 15.9 Å². The predicted octanol–water partition coefficient (Wildman–Crippen LogP) is 2.49. The first kappa shape index (κ1) is 10.8. The zero-order chi connectivity index (χ0) is 10.8. The summed E-state index contributed by atoms with van der Waals surface area (Å²) in [6.07, 6.45) is 1.30. The van der Waals surface area contributed by atoms with E-state index in [0.29, 0.717) is 6.79 Å². The molecule has 0 spiro atoms. The second-order valence-electron chi connectivity index (χ2n) is 3.68. The summed E-state index contributed by atoms with van der Waals surface area (Å²) in [6.45, 7) is 2.09. The fourth-order valence-corrected chi connectivity index (χ4v) is 2.04. The first-order valence-electron chi connectivity index (χ1n) is 4.93. The molecule has 0 saturated heterocycles. The van der Waals surface area contributed by atoms with Crippen LogP contribution in [0.15, 0.2) is 16.6 Å². The third-order valence-corrected chi connectivity index (χ3v) is 3.11. The van der Waals surface area contributed by atoms with Crippen LogP contribution in [0.5, 0.6) is 11.5 Å². The van der Waals surface area contributed by atoms with Crippen molar-refractivity contribution in [2.45, 2.75) is 25.9 Å². The van der Waals surface area contributed by atoms with Crippen molar-refractivity contribution in [1.82, 2.24) is 0 Å². The van der Waals surface area contributed by atoms with E-state index >= 15 is 0 Å². The highest BCUT2D eigenvalue weighted by Gasteiger charge is 2.16. The van der Waals surface area contributed by atoms with E-state index < -0.39 is 0 Å². The summed E-state index contributed by atoms with van der Waals surface area (Å²) in [5.74, 6) is 1.57. The van der Waals surface area contributed by atoms with Crippen LogP contribution in [0.2, 0.25) is 0 Å². The van der Waals surface area contributed by atoms with Crippen molar-refractivity contribution in [2.24, 2.45) is 0 Å². The van der Waals surface area contributed by atoms with Crippen LogP contribution in [-0.4, -0.2) is 18.0 Å². The lowest BCUT2D eigenvalue weighted by molar-refractivity contribution is 0.173. The second kappa shape index (κ2) is 4.41. The summed E-state index contributed by atoms with van der Waals surface area (Å²) in [4.78, 5) is 0. The van der Waals surface area contributed by atoms with Gasteiger partial charge in [-0.15, -0.1) is 0 Å². The van der Waals surface area contributed by atoms with Gasteiger partial charge in [0, 0.05) is 4.47 Å². The summed E-state index contributed by atoms with van der Waals surface area (Å²) in [5, 5.41) is 9.23. The molecule has 1 N–H and O–H groups in total. The molecule has 2 rings (SSSR count). The first-order chi connectivity index (χ1) is 7.16. The summed E-state index contributed by atoms with van der Waals surface area (Å²) in [6, 6.07) is 3.88. The number of aliphatic hydroxyl groups is 1. The normalized spacial score (nSPS) is 15.4. The number of hydrogen-bond acceptors (Lipinski definition) is 3. The van der Waals surface area contributed by atoms with E-state index in [1.165, 1.54) is 0 Å². The fourth-order valence-electron chi connectivity index (χ4n) is 1.52. The topological polar surface area (TPSA) is 38.7 Å². The Labute approximate surface area is 97.1 Å². The molecule has 0 aliphatic carbocycles. The minimum atomic E-state index is -0.276. The van der Waals surface area contributed by atoms with Gasteiger partial charge in [0.15, 0.2) is 11.5 Å². The Kier molecular flexibility index (Phi) is 3.17. The first-order valence-corrected chi connectivity index (χ1v) is 5.72. The van der Waals surface area contributed by atoms with Gasteiger partial charge in [-0.1, -0.05) is 15.9 Å². The van der Waals surface area contributed by atoms with E-state index in [0.717, 1.165) is 34.4 Å². The number of hydrogen-bond donors (Lipinski definition) is 1. The molecule has 0 fully saturated rings. The largest absolute Gasteiger partial charge is 0.454 e. The molecule has 4 heteroatoms. The smallest absolute Gasteiger partial charge is 0.231 e. The predicted molar refractivity (Wildman–Crippen MR) is 60.3 cm³/mol. The van der Waals surface area contributed by atoms with Crippen LogP contribution in [0.25, 0.3) is 0 Å². The van der Waals surface area contributed by atoms with E-state index in [2.05, 4.69) is 15.9 Å². The number of halogens is 1. The maximum Gasteiger partial charge on any atom is 0.231 e. The van der Waals surface area contributed by atoms with Gasteiger partial charge in [-0.25, -0.2) is 0 Å². The third kappa shape index (κ3) is 2.44. The van der Waals surface area contributed by atoms with Crippen molar-refractivity contribution < 1.29 is 14.6 Å². The number of aliphatic hydroxyl groups excluding tert-OH is 1. The van der Waals surface area contributed by atoms with Gasteiger partial charge < -0.3 is 14.6 Å². The molecule has 1 aliphatic rings. The monoisotopic (exact) mass is 272 g/mol. The van der Waals surface area contributed by atoms with E-state index in [1.54, 1.807) is 6.92 Å². The summed E-state index contributed by atoms with van der Waals surface area (Å²) in [7, 11) is 0. The lowest BCUT2D eigenvalue weighted by atomic mass is 10.1. The highest BCUT2D eigenvalue weighted by atomic mass is 79.9. The number of benzene rings is 1. The number of ether oxygens (including phenoxy) is 2. The zero-order valence-electron chi connectivity index (χ0n) is 8.50. The molecule has 3 nitrogen and oxygen atoms in total. The summed E-state index contributed by atoms with van der Waals surface area (Å²) in [5.41, 5.74) is 1.14. The van der Waals surface area contributed by atoms with Crippen molar-refractivity contribution in [3.63, 3.8) is 0 Å². The molecule has 1 aromatic rings. The van der Waals surface area contributed by atoms with Gasteiger partial charge >= 0.3 is 0 Å². The van der Waals surface area contributed by atoms with E-state index in [-0.39, 0.29) is 6.10 Å². The molecule has 0 saturated carbocycles. The number of fused-ring (bicyclic) bond motifs is 1. The van der Waals surface area contributed by atoms with E-state index in [1.807, 2.05) is 12.1 Å². The molecular formula is C11H13BrO3. The molecule has 1 atom stereocenters. The van der Waals surface area contributed by atoms with Crippen LogP contribution < -0.4 is 9.47 Å². The standard InChI is InChI=1S/C11H13BrO3/c1-7(13)2-3-8-4-10-11(5-9(8)12)15-6-14-10/h4-5,7,13H,2-3,6H2,1H3/t7-/m1/s1. The van der Waals surface area contributed by atoms with Crippen LogP contribution in [0.3, 0.4) is 0 Å². The molecule has 15 heavy (non-hydrogen) atoms. The summed E-state index contributed by atoms with van der Waals surface area (Å²) < 4.78 is 11.6. The van der Waals surface area contributed by atoms with Crippen LogP contribution in [0, 0.1) is 0 Å². The van der Waals surface area contributed by atoms with Crippen LogP contribution in [-0.2, 0) is 6.42 Å². The lowest BCUT2D eigenvalue weighted by Gasteiger charge is -2.07. The summed E-state index contributed by atoms with van der Waals surface area (Å²) >= 11 is 3.48. The minimum Gasteiger partial charge on any atom is -0.454 e. The third-order valence-electron chi connectivity index (χ3n) is 2.37.